The Balaban J connectivity index is 1.33. The average Bonchev–Trinajstić information content (AvgIpc) is 3.61. The maximum absolute atomic E-state index is 12.1. The molecule has 22 nitrogen and oxygen atoms in total. The van der Waals surface area contributed by atoms with Gasteiger partial charge in [-0.15, -0.1) is 0 Å². The standard InChI is InChI=1S/C24H46N12O10/c1-11(46-45)15(16(41)42)29-21-31-18(25-6-8-37)30-20(33-21)27-12-2-4-13(5-3-12)28-22-32-19(26-7-9-38)34-24(35-22)23(36-24,17(43)44)10-14(39)40/h12-13,15,18-22,25-38,45H,1-10H2,(H,39,40)(H,41,42)(H,43,44). The fourth-order valence-electron chi connectivity index (χ4n) is 6.02. The number of nitrogens with one attached hydrogen (secondary N) is 12. The molecule has 3 aliphatic heterocycles. The zero-order chi connectivity index (χ0) is 33.5. The van der Waals surface area contributed by atoms with E-state index in [4.69, 9.17) is 5.26 Å². The smallest absolute Gasteiger partial charge is 0.329 e. The van der Waals surface area contributed by atoms with Crippen LogP contribution in [-0.4, -0.2) is 136 Å². The molecule has 0 bridgehead atoms. The lowest BCUT2D eigenvalue weighted by Crippen LogP contribution is -2.79. The van der Waals surface area contributed by atoms with Gasteiger partial charge in [-0.2, -0.15) is 0 Å². The first-order chi connectivity index (χ1) is 21.9. The largest absolute Gasteiger partial charge is 0.481 e. The van der Waals surface area contributed by atoms with Gasteiger partial charge in [0.05, 0.1) is 19.6 Å². The molecule has 8 unspecified atom stereocenters. The van der Waals surface area contributed by atoms with Crippen LogP contribution < -0.4 is 63.8 Å². The van der Waals surface area contributed by atoms with Gasteiger partial charge in [-0.25, -0.2) is 5.26 Å². The molecule has 3 saturated heterocycles. The second-order valence-electron chi connectivity index (χ2n) is 11.5. The van der Waals surface area contributed by atoms with Gasteiger partial charge in [0.25, 0.3) is 0 Å². The van der Waals surface area contributed by atoms with Crippen LogP contribution in [-0.2, 0) is 19.3 Å². The summed E-state index contributed by atoms with van der Waals surface area (Å²) in [6.45, 7) is 3.58. The summed E-state index contributed by atoms with van der Waals surface area (Å²) >= 11 is 0. The number of aliphatic hydroxyl groups is 2. The Kier molecular flexibility index (Phi) is 12.6. The van der Waals surface area contributed by atoms with Gasteiger partial charge in [-0.05, 0) is 25.7 Å². The minimum absolute atomic E-state index is 0.0114. The van der Waals surface area contributed by atoms with Crippen LogP contribution in [0.15, 0.2) is 12.3 Å². The summed E-state index contributed by atoms with van der Waals surface area (Å²) in [6.07, 6.45) is -0.824. The van der Waals surface area contributed by atoms with Crippen molar-refractivity contribution >= 4 is 17.9 Å². The molecule has 22 heteroatoms. The van der Waals surface area contributed by atoms with Crippen LogP contribution in [0.3, 0.4) is 0 Å². The van der Waals surface area contributed by atoms with Crippen molar-refractivity contribution in [2.24, 2.45) is 0 Å². The molecule has 0 radical (unpaired) electrons. The second kappa shape index (κ2) is 16.0. The summed E-state index contributed by atoms with van der Waals surface area (Å²) in [4.78, 5) is 39.3. The third kappa shape index (κ3) is 8.82. The summed E-state index contributed by atoms with van der Waals surface area (Å²) in [5.41, 5.74) is -1.78. The third-order valence-corrected chi connectivity index (χ3v) is 8.29. The molecule has 1 saturated carbocycles. The van der Waals surface area contributed by atoms with E-state index in [1.165, 1.54) is 0 Å². The molecule has 4 fully saturated rings. The van der Waals surface area contributed by atoms with Gasteiger partial charge >= 0.3 is 17.9 Å². The molecule has 1 aliphatic carbocycles. The fraction of sp³-hybridized carbons (Fsp3) is 0.792. The number of aliphatic hydroxyl groups excluding tert-OH is 2. The number of hydrogen-bond acceptors (Lipinski definition) is 19. The zero-order valence-electron chi connectivity index (χ0n) is 25.0. The number of hydrogen-bond donors (Lipinski definition) is 18. The van der Waals surface area contributed by atoms with Crippen molar-refractivity contribution < 1.29 is 50.1 Å². The highest BCUT2D eigenvalue weighted by Gasteiger charge is 2.75. The lowest BCUT2D eigenvalue weighted by atomic mass is 9.91. The van der Waals surface area contributed by atoms with E-state index < -0.39 is 78.9 Å². The Morgan fingerprint density at radius 2 is 1.33 bits per heavy atom. The Morgan fingerprint density at radius 3 is 1.87 bits per heavy atom. The molecule has 0 aromatic rings. The quantitative estimate of drug-likeness (QED) is 0.0280. The number of carboxylic acids is 3. The molecule has 1 spiro atoms. The van der Waals surface area contributed by atoms with Gasteiger partial charge in [0.1, 0.15) is 31.4 Å². The SMILES string of the molecule is C=C(OO)C(NC1NC(NCCO)NC(NC2CCC(NC3NC(NCCO)NC4(N3)NC4(CC(=O)O)C(=O)O)CC2)N1)C(=O)O. The summed E-state index contributed by atoms with van der Waals surface area (Å²) in [5.74, 6) is -5.73. The van der Waals surface area contributed by atoms with Crippen LogP contribution in [0.25, 0.3) is 0 Å². The van der Waals surface area contributed by atoms with Gasteiger partial charge in [0.2, 0.25) is 0 Å². The van der Waals surface area contributed by atoms with E-state index in [-0.39, 0.29) is 38.4 Å². The number of rotatable bonds is 18. The molecule has 8 atom stereocenters. The summed E-state index contributed by atoms with van der Waals surface area (Å²) in [6, 6.07) is -1.37. The lowest BCUT2D eigenvalue weighted by Gasteiger charge is -2.44. The fourth-order valence-corrected chi connectivity index (χ4v) is 6.02. The second-order valence-corrected chi connectivity index (χ2v) is 11.5. The molecule has 0 aromatic heterocycles. The molecule has 3 heterocycles. The van der Waals surface area contributed by atoms with E-state index in [1.54, 1.807) is 0 Å². The van der Waals surface area contributed by atoms with Crippen molar-refractivity contribution in [2.75, 3.05) is 26.3 Å². The average molecular weight is 663 g/mol. The van der Waals surface area contributed by atoms with E-state index in [9.17, 15) is 39.9 Å². The first kappa shape index (κ1) is 36.2. The van der Waals surface area contributed by atoms with E-state index in [0.717, 1.165) is 25.7 Å². The van der Waals surface area contributed by atoms with Crippen LogP contribution in [0, 0.1) is 0 Å². The molecule has 262 valence electrons. The van der Waals surface area contributed by atoms with Crippen LogP contribution in [0.1, 0.15) is 32.1 Å². The van der Waals surface area contributed by atoms with Crippen molar-refractivity contribution in [1.29, 1.82) is 0 Å². The van der Waals surface area contributed by atoms with E-state index in [0.29, 0.717) is 0 Å². The molecule has 0 amide bonds. The van der Waals surface area contributed by atoms with Crippen LogP contribution in [0.2, 0.25) is 0 Å². The van der Waals surface area contributed by atoms with Crippen molar-refractivity contribution in [3.05, 3.63) is 12.3 Å². The van der Waals surface area contributed by atoms with E-state index >= 15 is 0 Å². The van der Waals surface area contributed by atoms with Gasteiger partial charge in [0.15, 0.2) is 23.1 Å². The van der Waals surface area contributed by atoms with Crippen molar-refractivity contribution in [2.45, 2.75) is 93.0 Å². The first-order valence-electron chi connectivity index (χ1n) is 15.0. The van der Waals surface area contributed by atoms with Crippen molar-refractivity contribution in [3.8, 4) is 0 Å². The number of carboxylic acid groups (broad SMARTS) is 3. The number of carbonyl (C=O) groups is 3. The highest BCUT2D eigenvalue weighted by atomic mass is 17.1. The Morgan fingerprint density at radius 1 is 0.804 bits per heavy atom. The van der Waals surface area contributed by atoms with Gasteiger partial charge < -0.3 is 30.4 Å². The monoisotopic (exact) mass is 662 g/mol. The molecule has 46 heavy (non-hydrogen) atoms. The maximum atomic E-state index is 12.1. The zero-order valence-corrected chi connectivity index (χ0v) is 25.0. The summed E-state index contributed by atoms with van der Waals surface area (Å²) in [7, 11) is 0. The third-order valence-electron chi connectivity index (χ3n) is 8.29. The molecule has 4 aliphatic rings. The molecule has 0 aromatic carbocycles. The predicted octanol–water partition coefficient (Wildman–Crippen LogP) is -6.78. The molecule has 4 rings (SSSR count). The van der Waals surface area contributed by atoms with E-state index in [1.807, 2.05) is 0 Å². The first-order valence-corrected chi connectivity index (χ1v) is 15.0. The normalized spacial score (nSPS) is 36.5. The van der Waals surface area contributed by atoms with Crippen molar-refractivity contribution in [1.82, 2.24) is 63.8 Å². The summed E-state index contributed by atoms with van der Waals surface area (Å²) in [5, 5.41) is 93.6. The van der Waals surface area contributed by atoms with Gasteiger partial charge in [0, 0.05) is 25.2 Å². The molecular formula is C24H46N12O10. The Labute approximate surface area is 263 Å². The number of aliphatic carboxylic acids is 3. The maximum Gasteiger partial charge on any atom is 0.329 e. The lowest BCUT2D eigenvalue weighted by molar-refractivity contribution is -0.210. The minimum atomic E-state index is -1.78. The molecule has 18 N–H and O–H groups in total. The van der Waals surface area contributed by atoms with Crippen LogP contribution in [0.4, 0.5) is 0 Å². The highest BCUT2D eigenvalue weighted by molar-refractivity contribution is 5.91. The highest BCUT2D eigenvalue weighted by Crippen LogP contribution is 2.39. The van der Waals surface area contributed by atoms with Crippen LogP contribution >= 0.6 is 0 Å². The Hall–Kier alpha value is -2.65. The van der Waals surface area contributed by atoms with Crippen molar-refractivity contribution in [3.63, 3.8) is 0 Å². The van der Waals surface area contributed by atoms with Gasteiger partial charge in [-0.1, -0.05) is 6.58 Å². The van der Waals surface area contributed by atoms with E-state index in [2.05, 4.69) is 75.3 Å². The van der Waals surface area contributed by atoms with Gasteiger partial charge in [-0.3, -0.25) is 78.2 Å². The van der Waals surface area contributed by atoms with Crippen LogP contribution in [0.5, 0.6) is 0 Å². The topological polar surface area (TPSA) is 336 Å². The minimum Gasteiger partial charge on any atom is -0.481 e. The molecular weight excluding hydrogens is 616 g/mol. The predicted molar refractivity (Wildman–Crippen MR) is 156 cm³/mol. The Bertz CT molecular complexity index is 1090. The summed E-state index contributed by atoms with van der Waals surface area (Å²) < 4.78 is 0.